The minimum Gasteiger partial charge on any atom is -0.340 e. The third-order valence-corrected chi connectivity index (χ3v) is 6.95. The van der Waals surface area contributed by atoms with Gasteiger partial charge in [0.2, 0.25) is 15.9 Å². The molecule has 1 aromatic carbocycles. The Hall–Kier alpha value is -1.15. The highest BCUT2D eigenvalue weighted by molar-refractivity contribution is 7.89. The fourth-order valence-electron chi connectivity index (χ4n) is 3.61. The Bertz CT molecular complexity index is 724. The summed E-state index contributed by atoms with van der Waals surface area (Å²) in [6, 6.07) is 7.19. The Morgan fingerprint density at radius 2 is 1.85 bits per heavy atom. The van der Waals surface area contributed by atoms with Crippen molar-refractivity contribution in [1.29, 1.82) is 0 Å². The zero-order chi connectivity index (χ0) is 18.0. The maximum Gasteiger partial charge on any atom is 0.243 e. The van der Waals surface area contributed by atoms with Gasteiger partial charge in [0.1, 0.15) is 0 Å². The van der Waals surface area contributed by atoms with Crippen molar-refractivity contribution < 1.29 is 13.2 Å². The molecular formula is C18H28ClN3O3S. The van der Waals surface area contributed by atoms with Gasteiger partial charge in [-0.25, -0.2) is 8.42 Å². The molecule has 0 bridgehead atoms. The Morgan fingerprint density at radius 3 is 2.50 bits per heavy atom. The van der Waals surface area contributed by atoms with Crippen molar-refractivity contribution in [3.8, 4) is 0 Å². The third-order valence-electron chi connectivity index (χ3n) is 5.07. The smallest absolute Gasteiger partial charge is 0.243 e. The van der Waals surface area contributed by atoms with Crippen LogP contribution in [0.4, 0.5) is 0 Å². The number of nitrogens with zero attached hydrogens (tertiary/aromatic N) is 2. The molecule has 2 unspecified atom stereocenters. The van der Waals surface area contributed by atoms with E-state index in [1.807, 2.05) is 24.0 Å². The van der Waals surface area contributed by atoms with Gasteiger partial charge in [0.15, 0.2) is 0 Å². The molecule has 1 aromatic rings. The van der Waals surface area contributed by atoms with Crippen molar-refractivity contribution in [2.24, 2.45) is 5.92 Å². The van der Waals surface area contributed by atoms with Crippen molar-refractivity contribution in [3.05, 3.63) is 29.8 Å². The Balaban J connectivity index is 0.00000243. The topological polar surface area (TPSA) is 69.7 Å². The summed E-state index contributed by atoms with van der Waals surface area (Å²) in [5.41, 5.74) is 1.03. The zero-order valence-electron chi connectivity index (χ0n) is 15.3. The normalized spacial score (nSPS) is 24.8. The molecule has 2 aliphatic heterocycles. The second kappa shape index (κ2) is 8.69. The molecule has 2 aliphatic rings. The molecule has 2 heterocycles. The predicted octanol–water partition coefficient (Wildman–Crippen LogP) is 1.64. The highest BCUT2D eigenvalue weighted by Gasteiger charge is 2.35. The molecule has 0 radical (unpaired) electrons. The molecule has 6 nitrogen and oxygen atoms in total. The lowest BCUT2D eigenvalue weighted by molar-refractivity contribution is -0.137. The quantitative estimate of drug-likeness (QED) is 0.835. The van der Waals surface area contributed by atoms with Crippen LogP contribution >= 0.6 is 12.4 Å². The summed E-state index contributed by atoms with van der Waals surface area (Å²) < 4.78 is 27.3. The summed E-state index contributed by atoms with van der Waals surface area (Å²) in [4.78, 5) is 15.0. The van der Waals surface area contributed by atoms with Gasteiger partial charge in [-0.1, -0.05) is 17.7 Å². The van der Waals surface area contributed by atoms with E-state index in [0.29, 0.717) is 24.5 Å². The lowest BCUT2D eigenvalue weighted by Gasteiger charge is -2.37. The van der Waals surface area contributed by atoms with E-state index in [0.717, 1.165) is 24.9 Å². The summed E-state index contributed by atoms with van der Waals surface area (Å²) >= 11 is 0. The number of hydrogen-bond donors (Lipinski definition) is 1. The van der Waals surface area contributed by atoms with Crippen LogP contribution in [0.5, 0.6) is 0 Å². The fraction of sp³-hybridized carbons (Fsp3) is 0.611. The van der Waals surface area contributed by atoms with Gasteiger partial charge in [0.05, 0.1) is 10.8 Å². The molecule has 146 valence electrons. The molecular weight excluding hydrogens is 374 g/mol. The first-order chi connectivity index (χ1) is 11.9. The summed E-state index contributed by atoms with van der Waals surface area (Å²) in [6.45, 7) is 6.95. The summed E-state index contributed by atoms with van der Waals surface area (Å²) in [5.74, 6) is -0.142. The van der Waals surface area contributed by atoms with E-state index < -0.39 is 10.0 Å². The summed E-state index contributed by atoms with van der Waals surface area (Å²) in [7, 11) is -3.54. The first kappa shape index (κ1) is 21.2. The Morgan fingerprint density at radius 1 is 1.15 bits per heavy atom. The molecule has 2 saturated heterocycles. The standard InChI is InChI=1S/C18H27N3O3S.ClH/c1-14-5-7-17(8-6-14)25(23,24)21-10-3-4-16(13-21)18(22)20-11-9-19-15(2)12-20;/h5-8,15-16,19H,3-4,9-13H2,1-2H3;1H. The molecule has 2 atom stereocenters. The number of carbonyl (C=O) groups excluding carboxylic acids is 1. The Kier molecular flexibility index (Phi) is 7.07. The highest BCUT2D eigenvalue weighted by Crippen LogP contribution is 2.25. The first-order valence-corrected chi connectivity index (χ1v) is 10.4. The molecule has 3 rings (SSSR count). The van der Waals surface area contributed by atoms with Gasteiger partial charge in [-0.2, -0.15) is 4.31 Å². The molecule has 0 aromatic heterocycles. The molecule has 1 N–H and O–H groups in total. The molecule has 0 spiro atoms. The van der Waals surface area contributed by atoms with E-state index >= 15 is 0 Å². The third kappa shape index (κ3) is 4.57. The van der Waals surface area contributed by atoms with Crippen LogP contribution in [0.2, 0.25) is 0 Å². The maximum absolute atomic E-state index is 12.9. The average molecular weight is 402 g/mol. The van der Waals surface area contributed by atoms with Gasteiger partial charge in [-0.05, 0) is 38.8 Å². The van der Waals surface area contributed by atoms with E-state index in [1.54, 1.807) is 12.1 Å². The molecule has 0 aliphatic carbocycles. The zero-order valence-corrected chi connectivity index (χ0v) is 17.0. The number of piperidine rings is 1. The highest BCUT2D eigenvalue weighted by atomic mass is 35.5. The number of hydrogen-bond acceptors (Lipinski definition) is 4. The van der Waals surface area contributed by atoms with Gasteiger partial charge in [0, 0.05) is 38.8 Å². The summed E-state index contributed by atoms with van der Waals surface area (Å²) in [5, 5.41) is 3.33. The van der Waals surface area contributed by atoms with Gasteiger partial charge in [-0.3, -0.25) is 4.79 Å². The number of nitrogens with one attached hydrogen (secondary N) is 1. The second-order valence-corrected chi connectivity index (χ2v) is 9.09. The van der Waals surface area contributed by atoms with Crippen LogP contribution in [0, 0.1) is 12.8 Å². The monoisotopic (exact) mass is 401 g/mol. The summed E-state index contributed by atoms with van der Waals surface area (Å²) in [6.07, 6.45) is 1.49. The maximum atomic E-state index is 12.9. The van der Waals surface area contributed by atoms with Crippen molar-refractivity contribution in [1.82, 2.24) is 14.5 Å². The van der Waals surface area contributed by atoms with Crippen LogP contribution < -0.4 is 5.32 Å². The van der Waals surface area contributed by atoms with E-state index in [9.17, 15) is 13.2 Å². The van der Waals surface area contributed by atoms with Crippen LogP contribution in [-0.2, 0) is 14.8 Å². The van der Waals surface area contributed by atoms with E-state index in [-0.39, 0.29) is 36.8 Å². The lowest BCUT2D eigenvalue weighted by atomic mass is 9.97. The van der Waals surface area contributed by atoms with E-state index in [2.05, 4.69) is 12.2 Å². The minimum absolute atomic E-state index is 0. The van der Waals surface area contributed by atoms with Crippen molar-refractivity contribution in [2.45, 2.75) is 37.6 Å². The molecule has 26 heavy (non-hydrogen) atoms. The van der Waals surface area contributed by atoms with E-state index in [4.69, 9.17) is 0 Å². The SMILES string of the molecule is Cc1ccc(S(=O)(=O)N2CCCC(C(=O)N3CCNC(C)C3)C2)cc1.Cl. The van der Waals surface area contributed by atoms with Crippen LogP contribution in [0.15, 0.2) is 29.2 Å². The fourth-order valence-corrected chi connectivity index (χ4v) is 5.14. The number of aryl methyl sites for hydroxylation is 1. The number of piperazine rings is 1. The van der Waals surface area contributed by atoms with Crippen LogP contribution in [0.1, 0.15) is 25.3 Å². The van der Waals surface area contributed by atoms with Crippen LogP contribution in [-0.4, -0.2) is 62.3 Å². The lowest BCUT2D eigenvalue weighted by Crippen LogP contribution is -2.54. The van der Waals surface area contributed by atoms with Gasteiger partial charge >= 0.3 is 0 Å². The number of carbonyl (C=O) groups is 1. The average Bonchev–Trinajstić information content (AvgIpc) is 2.61. The molecule has 8 heteroatoms. The number of amides is 1. The van der Waals surface area contributed by atoms with Gasteiger partial charge in [0.25, 0.3) is 0 Å². The number of benzene rings is 1. The largest absolute Gasteiger partial charge is 0.340 e. The number of sulfonamides is 1. The van der Waals surface area contributed by atoms with Gasteiger partial charge < -0.3 is 10.2 Å². The van der Waals surface area contributed by atoms with Crippen LogP contribution in [0.25, 0.3) is 0 Å². The number of halogens is 1. The van der Waals surface area contributed by atoms with Gasteiger partial charge in [-0.15, -0.1) is 12.4 Å². The molecule has 2 fully saturated rings. The Labute approximate surface area is 162 Å². The minimum atomic E-state index is -3.54. The second-order valence-electron chi connectivity index (χ2n) is 7.15. The van der Waals surface area contributed by atoms with Crippen molar-refractivity contribution in [3.63, 3.8) is 0 Å². The number of rotatable bonds is 3. The molecule has 0 saturated carbocycles. The van der Waals surface area contributed by atoms with Crippen LogP contribution in [0.3, 0.4) is 0 Å². The first-order valence-electron chi connectivity index (χ1n) is 8.97. The van der Waals surface area contributed by atoms with Crippen molar-refractivity contribution in [2.75, 3.05) is 32.7 Å². The molecule has 1 amide bonds. The predicted molar refractivity (Wildman–Crippen MR) is 104 cm³/mol. The van der Waals surface area contributed by atoms with E-state index in [1.165, 1.54) is 4.31 Å². The van der Waals surface area contributed by atoms with Crippen molar-refractivity contribution >= 4 is 28.3 Å².